The van der Waals surface area contributed by atoms with E-state index in [9.17, 15) is 0 Å². The van der Waals surface area contributed by atoms with Crippen molar-refractivity contribution in [3.05, 3.63) is 22.9 Å². The molecule has 76 valence electrons. The SMILES string of the molecule is N[C@H]1CCCN(c2ccc(Br)nc2)C1. The van der Waals surface area contributed by atoms with Crippen molar-refractivity contribution < 1.29 is 0 Å². The Hall–Kier alpha value is -0.610. The van der Waals surface area contributed by atoms with Gasteiger partial charge in [-0.25, -0.2) is 4.98 Å². The fraction of sp³-hybridized carbons (Fsp3) is 0.500. The van der Waals surface area contributed by atoms with Crippen molar-refractivity contribution in [2.45, 2.75) is 18.9 Å². The molecule has 0 amide bonds. The first kappa shape index (κ1) is 9.93. The van der Waals surface area contributed by atoms with Crippen molar-refractivity contribution in [1.82, 2.24) is 4.98 Å². The highest BCUT2D eigenvalue weighted by molar-refractivity contribution is 9.10. The Bertz CT molecular complexity index is 299. The van der Waals surface area contributed by atoms with Gasteiger partial charge in [0.05, 0.1) is 11.9 Å². The van der Waals surface area contributed by atoms with Gasteiger partial charge in [0, 0.05) is 19.1 Å². The highest BCUT2D eigenvalue weighted by Gasteiger charge is 2.16. The first-order chi connectivity index (χ1) is 6.75. The maximum atomic E-state index is 5.92. The maximum Gasteiger partial charge on any atom is 0.106 e. The van der Waals surface area contributed by atoms with Gasteiger partial charge in [0.2, 0.25) is 0 Å². The summed E-state index contributed by atoms with van der Waals surface area (Å²) in [5, 5.41) is 0. The summed E-state index contributed by atoms with van der Waals surface area (Å²) in [4.78, 5) is 6.51. The normalized spacial score (nSPS) is 22.4. The minimum Gasteiger partial charge on any atom is -0.369 e. The average Bonchev–Trinajstić information content (AvgIpc) is 2.19. The largest absolute Gasteiger partial charge is 0.369 e. The summed E-state index contributed by atoms with van der Waals surface area (Å²) >= 11 is 3.33. The Kier molecular flexibility index (Phi) is 3.03. The van der Waals surface area contributed by atoms with Crippen molar-refractivity contribution in [2.75, 3.05) is 18.0 Å². The molecule has 2 rings (SSSR count). The van der Waals surface area contributed by atoms with Crippen LogP contribution in [0.15, 0.2) is 22.9 Å². The minimum atomic E-state index is 0.312. The molecule has 1 aromatic rings. The third-order valence-corrected chi connectivity index (χ3v) is 3.00. The van der Waals surface area contributed by atoms with Crippen LogP contribution < -0.4 is 10.6 Å². The molecule has 2 heterocycles. The molecule has 14 heavy (non-hydrogen) atoms. The van der Waals surface area contributed by atoms with Gasteiger partial charge in [-0.1, -0.05) is 0 Å². The van der Waals surface area contributed by atoms with E-state index >= 15 is 0 Å². The number of piperidine rings is 1. The van der Waals surface area contributed by atoms with Crippen LogP contribution in [0.2, 0.25) is 0 Å². The third kappa shape index (κ3) is 2.25. The van der Waals surface area contributed by atoms with Crippen LogP contribution in [0.3, 0.4) is 0 Å². The lowest BCUT2D eigenvalue weighted by atomic mass is 10.1. The summed E-state index contributed by atoms with van der Waals surface area (Å²) in [6.45, 7) is 2.04. The number of nitrogens with zero attached hydrogens (tertiary/aromatic N) is 2. The van der Waals surface area contributed by atoms with E-state index in [4.69, 9.17) is 5.73 Å². The van der Waals surface area contributed by atoms with Gasteiger partial charge in [-0.2, -0.15) is 0 Å². The standard InChI is InChI=1S/C10H14BrN3/c11-10-4-3-9(6-13-10)14-5-1-2-8(12)7-14/h3-4,6,8H,1-2,5,7,12H2/t8-/m0/s1. The second kappa shape index (κ2) is 4.28. The Morgan fingerprint density at radius 1 is 1.50 bits per heavy atom. The number of pyridine rings is 1. The molecule has 0 bridgehead atoms. The number of aromatic nitrogens is 1. The van der Waals surface area contributed by atoms with Crippen LogP contribution in [0.4, 0.5) is 5.69 Å². The van der Waals surface area contributed by atoms with E-state index < -0.39 is 0 Å². The molecule has 0 aromatic carbocycles. The van der Waals surface area contributed by atoms with E-state index in [1.54, 1.807) is 0 Å². The zero-order valence-electron chi connectivity index (χ0n) is 7.99. The molecule has 0 unspecified atom stereocenters. The van der Waals surface area contributed by atoms with E-state index in [0.717, 1.165) is 24.1 Å². The van der Waals surface area contributed by atoms with Gasteiger partial charge in [0.1, 0.15) is 4.60 Å². The number of halogens is 1. The molecule has 3 nitrogen and oxygen atoms in total. The molecule has 0 aliphatic carbocycles. The van der Waals surface area contributed by atoms with Crippen LogP contribution in [0, 0.1) is 0 Å². The maximum absolute atomic E-state index is 5.92. The van der Waals surface area contributed by atoms with Gasteiger partial charge in [0.15, 0.2) is 0 Å². The van der Waals surface area contributed by atoms with Crippen LogP contribution in [0.25, 0.3) is 0 Å². The second-order valence-electron chi connectivity index (χ2n) is 3.69. The monoisotopic (exact) mass is 255 g/mol. The minimum absolute atomic E-state index is 0.312. The predicted octanol–water partition coefficient (Wildman–Crippen LogP) is 1.77. The number of hydrogen-bond acceptors (Lipinski definition) is 3. The summed E-state index contributed by atoms with van der Waals surface area (Å²) in [5.74, 6) is 0. The third-order valence-electron chi connectivity index (χ3n) is 2.53. The molecule has 0 spiro atoms. The summed E-state index contributed by atoms with van der Waals surface area (Å²) < 4.78 is 0.877. The molecule has 0 radical (unpaired) electrons. The fourth-order valence-electron chi connectivity index (χ4n) is 1.80. The fourth-order valence-corrected chi connectivity index (χ4v) is 2.03. The number of rotatable bonds is 1. The molecular formula is C10H14BrN3. The van der Waals surface area contributed by atoms with Crippen molar-refractivity contribution in [1.29, 1.82) is 0 Å². The molecular weight excluding hydrogens is 242 g/mol. The van der Waals surface area contributed by atoms with Gasteiger partial charge in [-0.15, -0.1) is 0 Å². The van der Waals surface area contributed by atoms with E-state index in [0.29, 0.717) is 6.04 Å². The second-order valence-corrected chi connectivity index (χ2v) is 4.50. The van der Waals surface area contributed by atoms with Gasteiger partial charge in [-0.05, 0) is 40.9 Å². The highest BCUT2D eigenvalue weighted by atomic mass is 79.9. The van der Waals surface area contributed by atoms with Gasteiger partial charge in [-0.3, -0.25) is 0 Å². The smallest absolute Gasteiger partial charge is 0.106 e. The molecule has 0 saturated carbocycles. The Morgan fingerprint density at radius 2 is 2.36 bits per heavy atom. The Balaban J connectivity index is 2.10. The molecule has 1 fully saturated rings. The molecule has 2 N–H and O–H groups in total. The van der Waals surface area contributed by atoms with E-state index in [2.05, 4.69) is 31.9 Å². The summed E-state index contributed by atoms with van der Waals surface area (Å²) in [6, 6.07) is 4.36. The lowest BCUT2D eigenvalue weighted by Gasteiger charge is -2.32. The first-order valence-corrected chi connectivity index (χ1v) is 5.67. The lowest BCUT2D eigenvalue weighted by molar-refractivity contribution is 0.506. The topological polar surface area (TPSA) is 42.1 Å². The van der Waals surface area contributed by atoms with Crippen molar-refractivity contribution in [2.24, 2.45) is 5.73 Å². The molecule has 1 saturated heterocycles. The molecule has 1 aliphatic rings. The van der Waals surface area contributed by atoms with Crippen molar-refractivity contribution >= 4 is 21.6 Å². The van der Waals surface area contributed by atoms with Crippen LogP contribution in [0.5, 0.6) is 0 Å². The number of hydrogen-bond donors (Lipinski definition) is 1. The van der Waals surface area contributed by atoms with Gasteiger partial charge < -0.3 is 10.6 Å². The van der Waals surface area contributed by atoms with Crippen LogP contribution in [0.1, 0.15) is 12.8 Å². The average molecular weight is 256 g/mol. The van der Waals surface area contributed by atoms with Crippen molar-refractivity contribution in [3.8, 4) is 0 Å². The van der Waals surface area contributed by atoms with Crippen molar-refractivity contribution in [3.63, 3.8) is 0 Å². The van der Waals surface area contributed by atoms with Crippen LogP contribution >= 0.6 is 15.9 Å². The zero-order chi connectivity index (χ0) is 9.97. The quantitative estimate of drug-likeness (QED) is 0.779. The summed E-state index contributed by atoms with van der Waals surface area (Å²) in [5.41, 5.74) is 7.09. The lowest BCUT2D eigenvalue weighted by Crippen LogP contribution is -2.42. The molecule has 4 heteroatoms. The Labute approximate surface area is 92.4 Å². The van der Waals surface area contributed by atoms with Gasteiger partial charge >= 0.3 is 0 Å². The highest BCUT2D eigenvalue weighted by Crippen LogP contribution is 2.19. The Morgan fingerprint density at radius 3 is 3.00 bits per heavy atom. The number of anilines is 1. The van der Waals surface area contributed by atoms with E-state index in [1.807, 2.05) is 12.3 Å². The van der Waals surface area contributed by atoms with E-state index in [-0.39, 0.29) is 0 Å². The zero-order valence-corrected chi connectivity index (χ0v) is 9.57. The van der Waals surface area contributed by atoms with Crippen LogP contribution in [-0.4, -0.2) is 24.1 Å². The molecule has 1 aromatic heterocycles. The van der Waals surface area contributed by atoms with Gasteiger partial charge in [0.25, 0.3) is 0 Å². The number of nitrogens with two attached hydrogens (primary N) is 1. The first-order valence-electron chi connectivity index (χ1n) is 4.88. The predicted molar refractivity (Wildman–Crippen MR) is 61.4 cm³/mol. The summed E-state index contributed by atoms with van der Waals surface area (Å²) in [6.07, 6.45) is 4.21. The van der Waals surface area contributed by atoms with E-state index in [1.165, 1.54) is 12.1 Å². The van der Waals surface area contributed by atoms with Crippen LogP contribution in [-0.2, 0) is 0 Å². The summed E-state index contributed by atoms with van der Waals surface area (Å²) in [7, 11) is 0. The molecule has 1 atom stereocenters. The molecule has 1 aliphatic heterocycles.